The van der Waals surface area contributed by atoms with Crippen molar-refractivity contribution in [3.8, 4) is 0 Å². The standard InChI is InChI=1S/C10H18N4OS/c1-2-11-9(8-3-4-15-5-8)6-16-10-12-7-13-14-10/h7-9,11H,2-6H2,1H3,(H,12,13,14). The van der Waals surface area contributed by atoms with Gasteiger partial charge in [-0.3, -0.25) is 5.10 Å². The van der Waals surface area contributed by atoms with Crippen molar-refractivity contribution in [3.63, 3.8) is 0 Å². The van der Waals surface area contributed by atoms with Crippen molar-refractivity contribution in [1.82, 2.24) is 20.5 Å². The van der Waals surface area contributed by atoms with Gasteiger partial charge in [-0.15, -0.1) is 0 Å². The molecule has 0 aromatic carbocycles. The Balaban J connectivity index is 1.82. The molecular formula is C10H18N4OS. The summed E-state index contributed by atoms with van der Waals surface area (Å²) in [7, 11) is 0. The third-order valence-electron chi connectivity index (χ3n) is 2.79. The van der Waals surface area contributed by atoms with Crippen LogP contribution < -0.4 is 5.32 Å². The summed E-state index contributed by atoms with van der Waals surface area (Å²) in [5.74, 6) is 1.65. The molecule has 1 aromatic heterocycles. The van der Waals surface area contributed by atoms with Gasteiger partial charge < -0.3 is 10.1 Å². The Morgan fingerprint density at radius 1 is 1.75 bits per heavy atom. The Hall–Kier alpha value is -0.590. The third-order valence-corrected chi connectivity index (χ3v) is 3.79. The predicted molar refractivity (Wildman–Crippen MR) is 63.5 cm³/mol. The van der Waals surface area contributed by atoms with Crippen molar-refractivity contribution in [3.05, 3.63) is 6.33 Å². The second-order valence-corrected chi connectivity index (χ2v) is 4.90. The Bertz CT molecular complexity index is 287. The van der Waals surface area contributed by atoms with E-state index in [9.17, 15) is 0 Å². The van der Waals surface area contributed by atoms with Gasteiger partial charge in [-0.1, -0.05) is 18.7 Å². The minimum absolute atomic E-state index is 0.502. The first-order chi connectivity index (χ1) is 7.90. The summed E-state index contributed by atoms with van der Waals surface area (Å²) in [6.45, 7) is 4.92. The van der Waals surface area contributed by atoms with Gasteiger partial charge in [-0.05, 0) is 13.0 Å². The van der Waals surface area contributed by atoms with Crippen LogP contribution in [-0.2, 0) is 4.74 Å². The normalized spacial score (nSPS) is 22.4. The van der Waals surface area contributed by atoms with E-state index in [1.807, 2.05) is 0 Å². The minimum Gasteiger partial charge on any atom is -0.381 e. The average Bonchev–Trinajstić information content (AvgIpc) is 2.96. The zero-order chi connectivity index (χ0) is 11.2. The van der Waals surface area contributed by atoms with Crippen LogP contribution in [0.5, 0.6) is 0 Å². The van der Waals surface area contributed by atoms with E-state index in [2.05, 4.69) is 27.4 Å². The molecule has 0 amide bonds. The SMILES string of the molecule is CCNC(CSc1ncn[nH]1)C1CCOC1. The number of H-pyrrole nitrogens is 1. The zero-order valence-electron chi connectivity index (χ0n) is 9.48. The second kappa shape index (κ2) is 6.22. The molecule has 5 nitrogen and oxygen atoms in total. The maximum absolute atomic E-state index is 5.44. The van der Waals surface area contributed by atoms with Crippen LogP contribution >= 0.6 is 11.8 Å². The van der Waals surface area contributed by atoms with E-state index in [-0.39, 0.29) is 0 Å². The van der Waals surface area contributed by atoms with Gasteiger partial charge in [0, 0.05) is 24.3 Å². The van der Waals surface area contributed by atoms with E-state index in [4.69, 9.17) is 4.74 Å². The van der Waals surface area contributed by atoms with Crippen LogP contribution in [-0.4, -0.2) is 46.7 Å². The summed E-state index contributed by atoms with van der Waals surface area (Å²) in [6.07, 6.45) is 2.71. The number of nitrogens with one attached hydrogen (secondary N) is 2. The van der Waals surface area contributed by atoms with Gasteiger partial charge in [0.1, 0.15) is 6.33 Å². The van der Waals surface area contributed by atoms with E-state index in [1.165, 1.54) is 0 Å². The number of aromatic nitrogens is 3. The molecule has 2 heterocycles. The first-order valence-corrected chi connectivity index (χ1v) is 6.68. The molecule has 1 aromatic rings. The number of hydrogen-bond donors (Lipinski definition) is 2. The summed E-state index contributed by atoms with van der Waals surface area (Å²) in [5, 5.41) is 11.1. The van der Waals surface area contributed by atoms with Crippen LogP contribution in [0.25, 0.3) is 0 Å². The highest BCUT2D eigenvalue weighted by Crippen LogP contribution is 2.22. The Kier molecular flexibility index (Phi) is 4.62. The average molecular weight is 242 g/mol. The fraction of sp³-hybridized carbons (Fsp3) is 0.800. The molecule has 1 aliphatic rings. The molecule has 1 fully saturated rings. The molecule has 90 valence electrons. The van der Waals surface area contributed by atoms with Crippen molar-refractivity contribution < 1.29 is 4.74 Å². The van der Waals surface area contributed by atoms with Crippen molar-refractivity contribution in [2.45, 2.75) is 24.5 Å². The molecule has 2 atom stereocenters. The van der Waals surface area contributed by atoms with Gasteiger partial charge in [0.05, 0.1) is 6.61 Å². The quantitative estimate of drug-likeness (QED) is 0.726. The molecule has 0 spiro atoms. The molecule has 2 rings (SSSR count). The number of nitrogens with zero attached hydrogens (tertiary/aromatic N) is 2. The molecule has 0 bridgehead atoms. The van der Waals surface area contributed by atoms with Gasteiger partial charge in [0.2, 0.25) is 0 Å². The molecule has 0 aliphatic carbocycles. The van der Waals surface area contributed by atoms with Crippen LogP contribution in [0.1, 0.15) is 13.3 Å². The molecule has 0 radical (unpaired) electrons. The first kappa shape index (κ1) is 11.9. The Morgan fingerprint density at radius 2 is 2.69 bits per heavy atom. The van der Waals surface area contributed by atoms with Crippen LogP contribution in [0.2, 0.25) is 0 Å². The van der Waals surface area contributed by atoms with Gasteiger partial charge in [-0.25, -0.2) is 4.98 Å². The van der Waals surface area contributed by atoms with Crippen molar-refractivity contribution in [2.24, 2.45) is 5.92 Å². The topological polar surface area (TPSA) is 62.8 Å². The van der Waals surface area contributed by atoms with E-state index in [0.717, 1.165) is 37.1 Å². The lowest BCUT2D eigenvalue weighted by Gasteiger charge is -2.22. The minimum atomic E-state index is 0.502. The third kappa shape index (κ3) is 3.20. The molecule has 1 saturated heterocycles. The molecule has 6 heteroatoms. The van der Waals surface area contributed by atoms with Crippen molar-refractivity contribution in [2.75, 3.05) is 25.5 Å². The fourth-order valence-electron chi connectivity index (χ4n) is 1.93. The first-order valence-electron chi connectivity index (χ1n) is 5.69. The van der Waals surface area contributed by atoms with Crippen LogP contribution in [0.15, 0.2) is 11.5 Å². The van der Waals surface area contributed by atoms with Gasteiger partial charge in [0.25, 0.3) is 0 Å². The lowest BCUT2D eigenvalue weighted by Crippen LogP contribution is -2.38. The number of aromatic amines is 1. The number of rotatable bonds is 6. The maximum atomic E-state index is 5.44. The number of thioether (sulfide) groups is 1. The molecule has 1 aliphatic heterocycles. The summed E-state index contributed by atoms with van der Waals surface area (Å²) in [4.78, 5) is 4.11. The Labute approximate surface area is 99.7 Å². The summed E-state index contributed by atoms with van der Waals surface area (Å²) < 4.78 is 5.44. The zero-order valence-corrected chi connectivity index (χ0v) is 10.3. The van der Waals surface area contributed by atoms with Gasteiger partial charge >= 0.3 is 0 Å². The van der Waals surface area contributed by atoms with Crippen molar-refractivity contribution in [1.29, 1.82) is 0 Å². The monoisotopic (exact) mass is 242 g/mol. The van der Waals surface area contributed by atoms with Crippen LogP contribution in [0, 0.1) is 5.92 Å². The molecule has 0 saturated carbocycles. The van der Waals surface area contributed by atoms with Crippen LogP contribution in [0.4, 0.5) is 0 Å². The largest absolute Gasteiger partial charge is 0.381 e. The summed E-state index contributed by atoms with van der Waals surface area (Å²) >= 11 is 1.71. The van der Waals surface area contributed by atoms with E-state index in [1.54, 1.807) is 18.1 Å². The second-order valence-electron chi connectivity index (χ2n) is 3.89. The number of hydrogen-bond acceptors (Lipinski definition) is 5. The molecular weight excluding hydrogens is 224 g/mol. The predicted octanol–water partition coefficient (Wildman–Crippen LogP) is 0.911. The highest BCUT2D eigenvalue weighted by molar-refractivity contribution is 7.99. The lowest BCUT2D eigenvalue weighted by molar-refractivity contribution is 0.179. The summed E-state index contributed by atoms with van der Waals surface area (Å²) in [6, 6.07) is 0.502. The maximum Gasteiger partial charge on any atom is 0.183 e. The van der Waals surface area contributed by atoms with Crippen LogP contribution in [0.3, 0.4) is 0 Å². The molecule has 2 unspecified atom stereocenters. The van der Waals surface area contributed by atoms with E-state index >= 15 is 0 Å². The highest BCUT2D eigenvalue weighted by atomic mass is 32.2. The highest BCUT2D eigenvalue weighted by Gasteiger charge is 2.25. The van der Waals surface area contributed by atoms with E-state index < -0.39 is 0 Å². The van der Waals surface area contributed by atoms with Gasteiger partial charge in [-0.2, -0.15) is 5.10 Å². The number of ether oxygens (including phenoxy) is 1. The van der Waals surface area contributed by atoms with Gasteiger partial charge in [0.15, 0.2) is 5.16 Å². The van der Waals surface area contributed by atoms with Crippen molar-refractivity contribution >= 4 is 11.8 Å². The summed E-state index contributed by atoms with van der Waals surface area (Å²) in [5.41, 5.74) is 0. The Morgan fingerprint density at radius 3 is 3.31 bits per heavy atom. The smallest absolute Gasteiger partial charge is 0.183 e. The lowest BCUT2D eigenvalue weighted by atomic mass is 10.0. The molecule has 2 N–H and O–H groups in total. The fourth-order valence-corrected chi connectivity index (χ4v) is 2.89. The van der Waals surface area contributed by atoms with E-state index in [0.29, 0.717) is 12.0 Å². The molecule has 16 heavy (non-hydrogen) atoms.